The number of anilines is 1. The van der Waals surface area contributed by atoms with Gasteiger partial charge in [-0.25, -0.2) is 15.0 Å². The number of piperazine rings is 1. The summed E-state index contributed by atoms with van der Waals surface area (Å²) in [4.78, 5) is 23.5. The molecule has 1 aromatic carbocycles. The summed E-state index contributed by atoms with van der Waals surface area (Å²) in [5.74, 6) is 1.33. The van der Waals surface area contributed by atoms with Gasteiger partial charge in [-0.1, -0.05) is 30.3 Å². The number of nitrogens with one attached hydrogen (secondary N) is 1. The molecule has 5 rings (SSSR count). The molecular formula is C28H31N7. The normalized spacial score (nSPS) is 14.7. The van der Waals surface area contributed by atoms with Crippen LogP contribution in [0.2, 0.25) is 0 Å². The summed E-state index contributed by atoms with van der Waals surface area (Å²) in [5, 5.41) is 3.14. The number of hydrogen-bond donors (Lipinski definition) is 1. The number of likely N-dealkylation sites (N-methyl/N-ethyl adjacent to an activating group) is 1. The van der Waals surface area contributed by atoms with Crippen LogP contribution < -0.4 is 5.32 Å². The van der Waals surface area contributed by atoms with Crippen LogP contribution in [0.25, 0.3) is 33.9 Å². The highest BCUT2D eigenvalue weighted by atomic mass is 15.2. The van der Waals surface area contributed by atoms with E-state index in [-0.39, 0.29) is 0 Å². The fourth-order valence-electron chi connectivity index (χ4n) is 4.31. The van der Waals surface area contributed by atoms with Gasteiger partial charge in [-0.3, -0.25) is 9.88 Å². The summed E-state index contributed by atoms with van der Waals surface area (Å²) in [5.41, 5.74) is 6.98. The van der Waals surface area contributed by atoms with Gasteiger partial charge in [0, 0.05) is 75.1 Å². The van der Waals surface area contributed by atoms with Gasteiger partial charge in [0.1, 0.15) is 11.5 Å². The maximum Gasteiger partial charge on any atom is 0.180 e. The number of benzene rings is 1. The van der Waals surface area contributed by atoms with Crippen LogP contribution in [0.1, 0.15) is 11.3 Å². The zero-order valence-electron chi connectivity index (χ0n) is 20.6. The van der Waals surface area contributed by atoms with E-state index in [0.29, 0.717) is 5.82 Å². The van der Waals surface area contributed by atoms with E-state index in [9.17, 15) is 0 Å². The molecule has 0 spiro atoms. The molecule has 0 atom stereocenters. The number of pyridine rings is 2. The average Bonchev–Trinajstić information content (AvgIpc) is 2.90. The minimum Gasteiger partial charge on any atom is -0.373 e. The molecule has 1 N–H and O–H groups in total. The minimum atomic E-state index is 0.592. The third-order valence-corrected chi connectivity index (χ3v) is 6.42. The first kappa shape index (κ1) is 23.1. The predicted molar refractivity (Wildman–Crippen MR) is 141 cm³/mol. The number of rotatable bonds is 6. The second kappa shape index (κ2) is 10.3. The van der Waals surface area contributed by atoms with E-state index in [1.165, 1.54) is 5.56 Å². The summed E-state index contributed by atoms with van der Waals surface area (Å²) in [6.07, 6.45) is 3.75. The fourth-order valence-corrected chi connectivity index (χ4v) is 4.31. The zero-order valence-corrected chi connectivity index (χ0v) is 20.6. The van der Waals surface area contributed by atoms with Crippen LogP contribution in [-0.4, -0.2) is 70.0 Å². The van der Waals surface area contributed by atoms with Crippen LogP contribution in [0.15, 0.2) is 67.0 Å². The standard InChI is InChI=1S/C28H31N7/c1-20-5-4-6-25(31-20)28-32-26(16-27(29-2)33-28)24-15-23(17-30-18-24)22-9-7-21(8-10-22)19-35-13-11-34(3)12-14-35/h4-10,15-18H,11-14,19H2,1-3H3,(H,29,32,33). The molecule has 178 valence electrons. The Labute approximate surface area is 206 Å². The van der Waals surface area contributed by atoms with E-state index in [2.05, 4.69) is 67.4 Å². The van der Waals surface area contributed by atoms with Gasteiger partial charge in [0.2, 0.25) is 0 Å². The van der Waals surface area contributed by atoms with Gasteiger partial charge >= 0.3 is 0 Å². The molecular weight excluding hydrogens is 434 g/mol. The van der Waals surface area contributed by atoms with Crippen LogP contribution in [0.4, 0.5) is 5.82 Å². The second-order valence-electron chi connectivity index (χ2n) is 9.11. The Hall–Kier alpha value is -3.68. The zero-order chi connectivity index (χ0) is 24.2. The van der Waals surface area contributed by atoms with Crippen molar-refractivity contribution >= 4 is 5.82 Å². The highest BCUT2D eigenvalue weighted by molar-refractivity contribution is 5.72. The summed E-state index contributed by atoms with van der Waals surface area (Å²) in [7, 11) is 4.05. The van der Waals surface area contributed by atoms with Gasteiger partial charge in [-0.15, -0.1) is 0 Å². The van der Waals surface area contributed by atoms with Crippen molar-refractivity contribution < 1.29 is 0 Å². The van der Waals surface area contributed by atoms with Crippen LogP contribution in [0.3, 0.4) is 0 Å². The van der Waals surface area contributed by atoms with Crippen LogP contribution in [0.5, 0.6) is 0 Å². The van der Waals surface area contributed by atoms with E-state index >= 15 is 0 Å². The van der Waals surface area contributed by atoms with Gasteiger partial charge in [0.05, 0.1) is 5.69 Å². The average molecular weight is 466 g/mol. The quantitative estimate of drug-likeness (QED) is 0.454. The lowest BCUT2D eigenvalue weighted by atomic mass is 10.0. The molecule has 0 unspecified atom stereocenters. The highest BCUT2D eigenvalue weighted by Crippen LogP contribution is 2.27. The van der Waals surface area contributed by atoms with E-state index < -0.39 is 0 Å². The van der Waals surface area contributed by atoms with E-state index in [0.717, 1.165) is 72.3 Å². The first-order valence-corrected chi connectivity index (χ1v) is 12.0. The van der Waals surface area contributed by atoms with Gasteiger partial charge < -0.3 is 10.2 Å². The minimum absolute atomic E-state index is 0.592. The van der Waals surface area contributed by atoms with E-state index in [1.807, 2.05) is 50.6 Å². The van der Waals surface area contributed by atoms with Gasteiger partial charge in [0.15, 0.2) is 5.82 Å². The molecule has 1 aliphatic heterocycles. The lowest BCUT2D eigenvalue weighted by Gasteiger charge is -2.32. The molecule has 0 radical (unpaired) electrons. The van der Waals surface area contributed by atoms with Crippen molar-refractivity contribution in [2.24, 2.45) is 0 Å². The Bertz CT molecular complexity index is 1290. The predicted octanol–water partition coefficient (Wildman–Crippen LogP) is 4.37. The molecule has 7 heteroatoms. The molecule has 0 aliphatic carbocycles. The lowest BCUT2D eigenvalue weighted by molar-refractivity contribution is 0.148. The largest absolute Gasteiger partial charge is 0.373 e. The third kappa shape index (κ3) is 5.53. The van der Waals surface area contributed by atoms with Crippen molar-refractivity contribution in [2.45, 2.75) is 13.5 Å². The SMILES string of the molecule is CNc1cc(-c2cncc(-c3ccc(CN4CCN(C)CC4)cc3)c2)nc(-c2cccc(C)n2)n1. The maximum absolute atomic E-state index is 4.82. The molecule has 0 saturated carbocycles. The molecule has 0 amide bonds. The summed E-state index contributed by atoms with van der Waals surface area (Å²) in [6.45, 7) is 7.48. The second-order valence-corrected chi connectivity index (χ2v) is 9.11. The first-order chi connectivity index (χ1) is 17.1. The van der Waals surface area contributed by atoms with Crippen molar-refractivity contribution in [3.05, 3.63) is 78.2 Å². The summed E-state index contributed by atoms with van der Waals surface area (Å²) < 4.78 is 0. The molecule has 4 heterocycles. The van der Waals surface area contributed by atoms with Crippen LogP contribution >= 0.6 is 0 Å². The van der Waals surface area contributed by atoms with Gasteiger partial charge in [-0.05, 0) is 43.3 Å². The Morgan fingerprint density at radius 3 is 2.31 bits per heavy atom. The maximum atomic E-state index is 4.82. The van der Waals surface area contributed by atoms with Crippen LogP contribution in [-0.2, 0) is 6.54 Å². The molecule has 35 heavy (non-hydrogen) atoms. The van der Waals surface area contributed by atoms with E-state index in [4.69, 9.17) is 4.98 Å². The van der Waals surface area contributed by atoms with Gasteiger partial charge in [-0.2, -0.15) is 0 Å². The molecule has 1 saturated heterocycles. The summed E-state index contributed by atoms with van der Waals surface area (Å²) in [6, 6.07) is 18.8. The molecule has 7 nitrogen and oxygen atoms in total. The number of nitrogens with zero attached hydrogens (tertiary/aromatic N) is 6. The fraction of sp³-hybridized carbons (Fsp3) is 0.286. The van der Waals surface area contributed by atoms with Gasteiger partial charge in [0.25, 0.3) is 0 Å². The molecule has 0 bridgehead atoms. The van der Waals surface area contributed by atoms with Crippen molar-refractivity contribution in [3.63, 3.8) is 0 Å². The Morgan fingerprint density at radius 2 is 1.57 bits per heavy atom. The third-order valence-electron chi connectivity index (χ3n) is 6.42. The smallest absolute Gasteiger partial charge is 0.180 e. The van der Waals surface area contributed by atoms with E-state index in [1.54, 1.807) is 0 Å². The monoisotopic (exact) mass is 465 g/mol. The van der Waals surface area contributed by atoms with Crippen LogP contribution in [0, 0.1) is 6.92 Å². The van der Waals surface area contributed by atoms with Crippen molar-refractivity contribution in [1.29, 1.82) is 0 Å². The van der Waals surface area contributed by atoms with Crippen molar-refractivity contribution in [1.82, 2.24) is 29.7 Å². The Kier molecular flexibility index (Phi) is 6.79. The molecule has 3 aromatic heterocycles. The summed E-state index contributed by atoms with van der Waals surface area (Å²) >= 11 is 0. The number of aromatic nitrogens is 4. The number of aryl methyl sites for hydroxylation is 1. The van der Waals surface area contributed by atoms with Crippen molar-refractivity contribution in [3.8, 4) is 33.9 Å². The molecule has 4 aromatic rings. The Balaban J connectivity index is 1.39. The van der Waals surface area contributed by atoms with Crippen molar-refractivity contribution in [2.75, 3.05) is 45.6 Å². The first-order valence-electron chi connectivity index (χ1n) is 12.0. The molecule has 1 fully saturated rings. The molecule has 1 aliphatic rings. The Morgan fingerprint density at radius 1 is 0.800 bits per heavy atom. The highest BCUT2D eigenvalue weighted by Gasteiger charge is 2.14. The number of hydrogen-bond acceptors (Lipinski definition) is 7. The lowest BCUT2D eigenvalue weighted by Crippen LogP contribution is -2.43. The topological polar surface area (TPSA) is 70.1 Å².